The molecule has 4 heteroatoms. The lowest BCUT2D eigenvalue weighted by atomic mass is 9.94. The van der Waals surface area contributed by atoms with Gasteiger partial charge in [0.2, 0.25) is 5.91 Å². The van der Waals surface area contributed by atoms with E-state index in [1.807, 2.05) is 25.7 Å². The van der Waals surface area contributed by atoms with Gasteiger partial charge >= 0.3 is 0 Å². The molecule has 0 aromatic heterocycles. The molecular formula is C14H26N2O2. The zero-order valence-corrected chi connectivity index (χ0v) is 11.9. The molecule has 0 aliphatic carbocycles. The van der Waals surface area contributed by atoms with Crippen molar-refractivity contribution < 1.29 is 9.90 Å². The van der Waals surface area contributed by atoms with Crippen LogP contribution in [0.2, 0.25) is 0 Å². The summed E-state index contributed by atoms with van der Waals surface area (Å²) < 4.78 is 0. The maximum absolute atomic E-state index is 12.1. The number of aliphatic hydroxyl groups is 1. The number of likely N-dealkylation sites (N-methyl/N-ethyl adjacent to an activating group) is 1. The lowest BCUT2D eigenvalue weighted by Crippen LogP contribution is -2.47. The number of piperidine rings is 1. The predicted molar refractivity (Wildman–Crippen MR) is 73.4 cm³/mol. The highest BCUT2D eigenvalue weighted by molar-refractivity contribution is 5.78. The second-order valence-corrected chi connectivity index (χ2v) is 5.64. The van der Waals surface area contributed by atoms with E-state index in [0.29, 0.717) is 13.1 Å². The number of amides is 1. The Balaban J connectivity index is 2.42. The van der Waals surface area contributed by atoms with E-state index in [0.717, 1.165) is 38.0 Å². The highest BCUT2D eigenvalue weighted by Gasteiger charge is 2.28. The number of likely N-dealkylation sites (tertiary alicyclic amines) is 1. The fraction of sp³-hybridized carbons (Fsp3) is 0.786. The van der Waals surface area contributed by atoms with Crippen molar-refractivity contribution in [3.8, 4) is 0 Å². The molecule has 1 aliphatic heterocycles. The normalized spacial score (nSPS) is 19.6. The number of carbonyl (C=O) groups is 1. The van der Waals surface area contributed by atoms with Crippen molar-refractivity contribution >= 4 is 5.91 Å². The number of hydrogen-bond acceptors (Lipinski definition) is 3. The van der Waals surface area contributed by atoms with Crippen molar-refractivity contribution in [2.45, 2.75) is 39.2 Å². The molecule has 18 heavy (non-hydrogen) atoms. The average molecular weight is 254 g/mol. The first-order valence-electron chi connectivity index (χ1n) is 6.71. The molecule has 0 radical (unpaired) electrons. The zero-order valence-electron chi connectivity index (χ0n) is 11.9. The van der Waals surface area contributed by atoms with Gasteiger partial charge in [-0.05, 0) is 33.6 Å². The predicted octanol–water partition coefficient (Wildman–Crippen LogP) is 1.26. The Morgan fingerprint density at radius 2 is 2.00 bits per heavy atom. The third-order valence-electron chi connectivity index (χ3n) is 3.49. The molecule has 0 unspecified atom stereocenters. The van der Waals surface area contributed by atoms with Crippen LogP contribution in [0.4, 0.5) is 0 Å². The number of carbonyl (C=O) groups excluding carboxylic acids is 1. The van der Waals surface area contributed by atoms with Gasteiger partial charge in [0.25, 0.3) is 0 Å². The van der Waals surface area contributed by atoms with Crippen LogP contribution in [0.25, 0.3) is 0 Å². The Kier molecular flexibility index (Phi) is 5.35. The Labute approximate surface area is 110 Å². The van der Waals surface area contributed by atoms with Crippen LogP contribution in [-0.4, -0.2) is 59.1 Å². The Hall–Kier alpha value is -0.870. The first kappa shape index (κ1) is 15.2. The summed E-state index contributed by atoms with van der Waals surface area (Å²) in [5.74, 6) is 0.155. The fourth-order valence-corrected chi connectivity index (χ4v) is 2.19. The van der Waals surface area contributed by atoms with Crippen LogP contribution >= 0.6 is 0 Å². The van der Waals surface area contributed by atoms with Gasteiger partial charge in [0.1, 0.15) is 0 Å². The lowest BCUT2D eigenvalue weighted by Gasteiger charge is -2.36. The molecule has 0 bridgehead atoms. The van der Waals surface area contributed by atoms with Crippen molar-refractivity contribution in [3.05, 3.63) is 12.2 Å². The molecule has 1 fully saturated rings. The van der Waals surface area contributed by atoms with Crippen LogP contribution in [-0.2, 0) is 4.79 Å². The van der Waals surface area contributed by atoms with Gasteiger partial charge in [-0.3, -0.25) is 9.69 Å². The van der Waals surface area contributed by atoms with Gasteiger partial charge < -0.3 is 10.0 Å². The van der Waals surface area contributed by atoms with Crippen molar-refractivity contribution in [1.82, 2.24) is 9.80 Å². The summed E-state index contributed by atoms with van der Waals surface area (Å²) in [6, 6.07) is 0. The highest BCUT2D eigenvalue weighted by Crippen LogP contribution is 2.20. The molecule has 1 N–H and O–H groups in total. The van der Waals surface area contributed by atoms with E-state index in [1.165, 1.54) is 0 Å². The third-order valence-corrected chi connectivity index (χ3v) is 3.49. The number of rotatable bonds is 5. The minimum Gasteiger partial charge on any atom is -0.390 e. The molecule has 104 valence electrons. The maximum atomic E-state index is 12.1. The first-order chi connectivity index (χ1) is 8.34. The molecule has 0 saturated carbocycles. The molecule has 4 nitrogen and oxygen atoms in total. The first-order valence-corrected chi connectivity index (χ1v) is 6.71. The third kappa shape index (κ3) is 4.78. The molecule has 0 aromatic rings. The van der Waals surface area contributed by atoms with Gasteiger partial charge in [0.15, 0.2) is 0 Å². The summed E-state index contributed by atoms with van der Waals surface area (Å²) in [6.45, 7) is 13.0. The standard InChI is InChI=1S/C14H26N2O2/c1-5-16(10-12(2)3)13(17)11-15-8-6-14(4,18)7-9-15/h18H,2,5-11H2,1,3-4H3. The molecule has 1 aliphatic rings. The summed E-state index contributed by atoms with van der Waals surface area (Å²) in [6.07, 6.45) is 1.49. The Bertz CT molecular complexity index is 303. The minimum absolute atomic E-state index is 0.155. The zero-order chi connectivity index (χ0) is 13.8. The maximum Gasteiger partial charge on any atom is 0.237 e. The molecule has 0 spiro atoms. The highest BCUT2D eigenvalue weighted by atomic mass is 16.3. The number of hydrogen-bond donors (Lipinski definition) is 1. The van der Waals surface area contributed by atoms with Gasteiger partial charge in [-0.25, -0.2) is 0 Å². The van der Waals surface area contributed by atoms with Crippen LogP contribution in [0.15, 0.2) is 12.2 Å². The molecule has 1 saturated heterocycles. The summed E-state index contributed by atoms with van der Waals surface area (Å²) in [7, 11) is 0. The van der Waals surface area contributed by atoms with Gasteiger partial charge in [-0.15, -0.1) is 0 Å². The fourth-order valence-electron chi connectivity index (χ4n) is 2.19. The van der Waals surface area contributed by atoms with E-state index in [2.05, 4.69) is 11.5 Å². The Morgan fingerprint density at radius 1 is 1.44 bits per heavy atom. The van der Waals surface area contributed by atoms with E-state index >= 15 is 0 Å². The summed E-state index contributed by atoms with van der Waals surface area (Å²) in [4.78, 5) is 16.1. The number of nitrogens with zero attached hydrogens (tertiary/aromatic N) is 2. The van der Waals surface area contributed by atoms with E-state index in [9.17, 15) is 9.90 Å². The van der Waals surface area contributed by atoms with Crippen molar-refractivity contribution in [2.24, 2.45) is 0 Å². The summed E-state index contributed by atoms with van der Waals surface area (Å²) in [5.41, 5.74) is 0.452. The molecule has 1 heterocycles. The molecule has 1 amide bonds. The van der Waals surface area contributed by atoms with Crippen molar-refractivity contribution in [3.63, 3.8) is 0 Å². The second kappa shape index (κ2) is 6.34. The van der Waals surface area contributed by atoms with Crippen LogP contribution in [0.5, 0.6) is 0 Å². The smallest absolute Gasteiger partial charge is 0.237 e. The second-order valence-electron chi connectivity index (χ2n) is 5.64. The monoisotopic (exact) mass is 254 g/mol. The largest absolute Gasteiger partial charge is 0.390 e. The van der Waals surface area contributed by atoms with Crippen LogP contribution in [0.3, 0.4) is 0 Å². The molecular weight excluding hydrogens is 228 g/mol. The summed E-state index contributed by atoms with van der Waals surface area (Å²) >= 11 is 0. The minimum atomic E-state index is -0.554. The van der Waals surface area contributed by atoms with Gasteiger partial charge in [0.05, 0.1) is 12.1 Å². The SMILES string of the molecule is C=C(C)CN(CC)C(=O)CN1CCC(C)(O)CC1. The van der Waals surface area contributed by atoms with Crippen LogP contribution < -0.4 is 0 Å². The quantitative estimate of drug-likeness (QED) is 0.751. The summed E-state index contributed by atoms with van der Waals surface area (Å²) in [5, 5.41) is 9.87. The molecule has 1 rings (SSSR count). The Morgan fingerprint density at radius 3 is 2.44 bits per heavy atom. The van der Waals surface area contributed by atoms with Crippen LogP contribution in [0, 0.1) is 0 Å². The van der Waals surface area contributed by atoms with Gasteiger partial charge in [-0.1, -0.05) is 12.2 Å². The van der Waals surface area contributed by atoms with Crippen LogP contribution in [0.1, 0.15) is 33.6 Å². The molecule has 0 atom stereocenters. The van der Waals surface area contributed by atoms with E-state index < -0.39 is 5.60 Å². The lowest BCUT2D eigenvalue weighted by molar-refractivity contribution is -0.133. The van der Waals surface area contributed by atoms with E-state index in [1.54, 1.807) is 0 Å². The van der Waals surface area contributed by atoms with E-state index in [4.69, 9.17) is 0 Å². The van der Waals surface area contributed by atoms with E-state index in [-0.39, 0.29) is 5.91 Å². The van der Waals surface area contributed by atoms with Crippen molar-refractivity contribution in [1.29, 1.82) is 0 Å². The van der Waals surface area contributed by atoms with Gasteiger partial charge in [-0.2, -0.15) is 0 Å². The van der Waals surface area contributed by atoms with Crippen molar-refractivity contribution in [2.75, 3.05) is 32.7 Å². The molecule has 0 aromatic carbocycles. The average Bonchev–Trinajstić information content (AvgIpc) is 2.28. The van der Waals surface area contributed by atoms with Gasteiger partial charge in [0, 0.05) is 26.2 Å². The topological polar surface area (TPSA) is 43.8 Å².